The Balaban J connectivity index is 1.61. The van der Waals surface area contributed by atoms with Crippen molar-refractivity contribution in [1.82, 2.24) is 5.32 Å². The Labute approximate surface area is 144 Å². The van der Waals surface area contributed by atoms with Crippen molar-refractivity contribution in [2.45, 2.75) is 31.8 Å². The third-order valence-corrected chi connectivity index (χ3v) is 3.98. The molecule has 2 aromatic rings. The molecule has 7 heteroatoms. The van der Waals surface area contributed by atoms with E-state index in [2.05, 4.69) is 16.0 Å². The highest BCUT2D eigenvalue weighted by molar-refractivity contribution is 6.34. The van der Waals surface area contributed by atoms with E-state index in [-0.39, 0.29) is 23.6 Å². The Morgan fingerprint density at radius 1 is 1.29 bits per heavy atom. The molecule has 0 radical (unpaired) electrons. The minimum Gasteiger partial charge on any atom is -0.459 e. The van der Waals surface area contributed by atoms with Gasteiger partial charge in [0.05, 0.1) is 17.0 Å². The molecule has 1 aromatic heterocycles. The molecule has 1 atom stereocenters. The van der Waals surface area contributed by atoms with Gasteiger partial charge in [0.25, 0.3) is 5.91 Å². The molecule has 0 aliphatic heterocycles. The largest absolute Gasteiger partial charge is 0.459 e. The molecule has 1 aliphatic rings. The summed E-state index contributed by atoms with van der Waals surface area (Å²) in [7, 11) is 0. The van der Waals surface area contributed by atoms with Crippen LogP contribution < -0.4 is 16.0 Å². The van der Waals surface area contributed by atoms with Crippen LogP contribution in [0.5, 0.6) is 0 Å². The third-order valence-electron chi connectivity index (χ3n) is 3.66. The number of halogens is 1. The van der Waals surface area contributed by atoms with E-state index in [0.717, 1.165) is 12.8 Å². The molecule has 1 aliphatic carbocycles. The van der Waals surface area contributed by atoms with E-state index >= 15 is 0 Å². The fraction of sp³-hybridized carbons (Fsp3) is 0.294. The fourth-order valence-corrected chi connectivity index (χ4v) is 2.40. The summed E-state index contributed by atoms with van der Waals surface area (Å²) in [6.07, 6.45) is 3.53. The first-order valence-electron chi connectivity index (χ1n) is 7.74. The second-order valence-corrected chi connectivity index (χ2v) is 6.18. The van der Waals surface area contributed by atoms with Crippen LogP contribution in [0, 0.1) is 0 Å². The molecule has 1 fully saturated rings. The maximum atomic E-state index is 12.0. The molecular weight excluding hydrogens is 330 g/mol. The lowest BCUT2D eigenvalue weighted by molar-refractivity contribution is -0.121. The van der Waals surface area contributed by atoms with Gasteiger partial charge in [0.1, 0.15) is 6.04 Å². The van der Waals surface area contributed by atoms with E-state index in [1.54, 1.807) is 37.3 Å². The zero-order valence-corrected chi connectivity index (χ0v) is 13.9. The second-order valence-electron chi connectivity index (χ2n) is 5.77. The van der Waals surface area contributed by atoms with Gasteiger partial charge in [-0.3, -0.25) is 9.59 Å². The van der Waals surface area contributed by atoms with E-state index in [9.17, 15) is 9.59 Å². The number of amides is 2. The number of anilines is 2. The molecule has 0 spiro atoms. The molecule has 0 bridgehead atoms. The quantitative estimate of drug-likeness (QED) is 0.749. The Bertz CT molecular complexity index is 742. The van der Waals surface area contributed by atoms with E-state index in [1.807, 2.05) is 0 Å². The number of furan rings is 1. The molecule has 1 aromatic carbocycles. The van der Waals surface area contributed by atoms with Gasteiger partial charge in [-0.05, 0) is 50.1 Å². The Morgan fingerprint density at radius 2 is 2.08 bits per heavy atom. The number of hydrogen-bond donors (Lipinski definition) is 3. The first kappa shape index (κ1) is 16.4. The van der Waals surface area contributed by atoms with Crippen LogP contribution in [0.4, 0.5) is 11.4 Å². The first-order valence-corrected chi connectivity index (χ1v) is 8.12. The van der Waals surface area contributed by atoms with Crippen LogP contribution in [0.2, 0.25) is 5.02 Å². The summed E-state index contributed by atoms with van der Waals surface area (Å²) in [5, 5.41) is 9.08. The van der Waals surface area contributed by atoms with Crippen molar-refractivity contribution in [3.05, 3.63) is 47.4 Å². The first-order chi connectivity index (χ1) is 11.5. The Morgan fingerprint density at radius 3 is 2.71 bits per heavy atom. The lowest BCUT2D eigenvalue weighted by atomic mass is 10.2. The normalized spacial score (nSPS) is 14.8. The van der Waals surface area contributed by atoms with Crippen LogP contribution in [0.1, 0.15) is 30.3 Å². The highest BCUT2D eigenvalue weighted by Crippen LogP contribution is 2.26. The van der Waals surface area contributed by atoms with Crippen molar-refractivity contribution in [3.63, 3.8) is 0 Å². The second kappa shape index (κ2) is 6.97. The topological polar surface area (TPSA) is 83.4 Å². The number of carbonyl (C=O) groups is 2. The Kier molecular flexibility index (Phi) is 4.76. The monoisotopic (exact) mass is 347 g/mol. The lowest BCUT2D eigenvalue weighted by Gasteiger charge is -2.16. The van der Waals surface area contributed by atoms with Gasteiger partial charge in [-0.2, -0.15) is 0 Å². The summed E-state index contributed by atoms with van der Waals surface area (Å²) >= 11 is 6.21. The fourth-order valence-electron chi connectivity index (χ4n) is 2.17. The Hall–Kier alpha value is -2.47. The minimum absolute atomic E-state index is 0.0381. The van der Waals surface area contributed by atoms with Gasteiger partial charge >= 0.3 is 0 Å². The van der Waals surface area contributed by atoms with E-state index in [1.165, 1.54) is 6.26 Å². The van der Waals surface area contributed by atoms with Crippen LogP contribution in [-0.2, 0) is 4.79 Å². The number of hydrogen-bond acceptors (Lipinski definition) is 4. The van der Waals surface area contributed by atoms with Crippen molar-refractivity contribution in [2.75, 3.05) is 10.6 Å². The summed E-state index contributed by atoms with van der Waals surface area (Å²) in [6, 6.07) is 8.26. The maximum Gasteiger partial charge on any atom is 0.291 e. The molecule has 3 rings (SSSR count). The van der Waals surface area contributed by atoms with Crippen LogP contribution >= 0.6 is 11.6 Å². The van der Waals surface area contributed by atoms with Gasteiger partial charge in [-0.15, -0.1) is 0 Å². The highest BCUT2D eigenvalue weighted by atomic mass is 35.5. The third kappa shape index (κ3) is 4.08. The molecule has 24 heavy (non-hydrogen) atoms. The van der Waals surface area contributed by atoms with Gasteiger partial charge in [0, 0.05) is 11.7 Å². The van der Waals surface area contributed by atoms with E-state index < -0.39 is 0 Å². The van der Waals surface area contributed by atoms with Crippen molar-refractivity contribution in [2.24, 2.45) is 0 Å². The van der Waals surface area contributed by atoms with Gasteiger partial charge < -0.3 is 20.4 Å². The van der Waals surface area contributed by atoms with Crippen LogP contribution in [0.3, 0.4) is 0 Å². The van der Waals surface area contributed by atoms with Crippen LogP contribution in [0.25, 0.3) is 0 Å². The molecule has 1 heterocycles. The van der Waals surface area contributed by atoms with E-state index in [0.29, 0.717) is 22.4 Å². The highest BCUT2D eigenvalue weighted by Gasteiger charge is 2.25. The zero-order chi connectivity index (χ0) is 17.1. The molecule has 1 saturated carbocycles. The maximum absolute atomic E-state index is 12.0. The summed E-state index contributed by atoms with van der Waals surface area (Å²) in [5.41, 5.74) is 1.17. The van der Waals surface area contributed by atoms with Gasteiger partial charge in [0.15, 0.2) is 5.76 Å². The average Bonchev–Trinajstić information content (AvgIpc) is 3.18. The number of carbonyl (C=O) groups excluding carboxylic acids is 2. The average molecular weight is 348 g/mol. The molecule has 126 valence electrons. The lowest BCUT2D eigenvalue weighted by Crippen LogP contribution is -2.38. The smallest absolute Gasteiger partial charge is 0.291 e. The summed E-state index contributed by atoms with van der Waals surface area (Å²) < 4.78 is 5.03. The predicted octanol–water partition coefficient (Wildman–Crippen LogP) is 3.26. The molecule has 0 saturated heterocycles. The van der Waals surface area contributed by atoms with Gasteiger partial charge in [0.2, 0.25) is 5.91 Å². The van der Waals surface area contributed by atoms with Crippen molar-refractivity contribution >= 4 is 34.8 Å². The summed E-state index contributed by atoms with van der Waals surface area (Å²) in [5.74, 6) is -0.206. The predicted molar refractivity (Wildman–Crippen MR) is 92.4 cm³/mol. The van der Waals surface area contributed by atoms with Gasteiger partial charge in [-0.25, -0.2) is 0 Å². The summed E-state index contributed by atoms with van der Waals surface area (Å²) in [6.45, 7) is 1.79. The molecule has 6 nitrogen and oxygen atoms in total. The van der Waals surface area contributed by atoms with E-state index in [4.69, 9.17) is 16.0 Å². The van der Waals surface area contributed by atoms with Crippen LogP contribution in [0.15, 0.2) is 41.0 Å². The summed E-state index contributed by atoms with van der Waals surface area (Å²) in [4.78, 5) is 23.9. The van der Waals surface area contributed by atoms with Gasteiger partial charge in [-0.1, -0.05) is 11.6 Å². The molecule has 2 amide bonds. The number of benzene rings is 1. The molecule has 0 unspecified atom stereocenters. The number of rotatable bonds is 6. The molecule has 3 N–H and O–H groups in total. The minimum atomic E-state index is -0.375. The molecular formula is C17H18ClN3O3. The van der Waals surface area contributed by atoms with Crippen molar-refractivity contribution in [1.29, 1.82) is 0 Å². The standard InChI is InChI=1S/C17H18ClN3O3/c1-10(16(22)20-11-4-5-11)19-12-6-7-14(13(18)9-12)21-17(23)15-3-2-8-24-15/h2-3,6-11,19H,4-5H2,1H3,(H,20,22)(H,21,23)/t10-/m0/s1. The van der Waals surface area contributed by atoms with Crippen LogP contribution in [-0.4, -0.2) is 23.9 Å². The van der Waals surface area contributed by atoms with Crippen molar-refractivity contribution in [3.8, 4) is 0 Å². The number of nitrogens with one attached hydrogen (secondary N) is 3. The van der Waals surface area contributed by atoms with Crippen molar-refractivity contribution < 1.29 is 14.0 Å². The zero-order valence-electron chi connectivity index (χ0n) is 13.1. The SMILES string of the molecule is C[C@H](Nc1ccc(NC(=O)c2ccco2)c(Cl)c1)C(=O)NC1CC1.